The maximum absolute atomic E-state index is 12.2. The summed E-state index contributed by atoms with van der Waals surface area (Å²) in [5, 5.41) is 9.48. The molecule has 1 fully saturated rings. The van der Waals surface area contributed by atoms with Crippen molar-refractivity contribution in [2.45, 2.75) is 45.8 Å². The highest BCUT2D eigenvalue weighted by molar-refractivity contribution is 5.94. The molecule has 1 aromatic rings. The van der Waals surface area contributed by atoms with Gasteiger partial charge in [-0.05, 0) is 50.8 Å². The molecule has 0 bridgehead atoms. The van der Waals surface area contributed by atoms with E-state index in [-0.39, 0.29) is 12.0 Å². The Labute approximate surface area is 161 Å². The van der Waals surface area contributed by atoms with Crippen LogP contribution in [-0.4, -0.2) is 50.9 Å². The monoisotopic (exact) mass is 376 g/mol. The van der Waals surface area contributed by atoms with Crippen LogP contribution in [-0.2, 0) is 20.8 Å². The molecule has 7 heteroatoms. The van der Waals surface area contributed by atoms with Gasteiger partial charge in [0, 0.05) is 38.6 Å². The first-order chi connectivity index (χ1) is 13.2. The van der Waals surface area contributed by atoms with Gasteiger partial charge in [0.25, 0.3) is 5.91 Å². The number of hydrogen-bond acceptors (Lipinski definition) is 4. The summed E-state index contributed by atoms with van der Waals surface area (Å²) in [4.78, 5) is 16.8. The number of amides is 1. The molecule has 0 aromatic heterocycles. The van der Waals surface area contributed by atoms with E-state index in [1.54, 1.807) is 0 Å². The third-order valence-electron chi connectivity index (χ3n) is 4.14. The molecule has 0 aliphatic carbocycles. The van der Waals surface area contributed by atoms with E-state index in [0.717, 1.165) is 62.8 Å². The zero-order valence-electron chi connectivity index (χ0n) is 16.4. The number of carbonyl (C=O) groups excluding carboxylic acids is 1. The molecule has 1 atom stereocenters. The number of nitrogens with zero attached hydrogens (tertiary/aromatic N) is 1. The molecular formula is C20H32N4O3. The zero-order chi connectivity index (χ0) is 19.3. The maximum atomic E-state index is 12.2. The predicted octanol–water partition coefficient (Wildman–Crippen LogP) is 2.29. The second-order valence-corrected chi connectivity index (χ2v) is 6.36. The molecule has 1 amide bonds. The predicted molar refractivity (Wildman–Crippen MR) is 108 cm³/mol. The van der Waals surface area contributed by atoms with E-state index in [1.807, 2.05) is 38.1 Å². The first-order valence-electron chi connectivity index (χ1n) is 9.84. The van der Waals surface area contributed by atoms with Crippen molar-refractivity contribution in [3.63, 3.8) is 0 Å². The highest BCUT2D eigenvalue weighted by Gasteiger charge is 2.23. The van der Waals surface area contributed by atoms with Gasteiger partial charge < -0.3 is 25.4 Å². The third-order valence-corrected chi connectivity index (χ3v) is 4.14. The number of benzene rings is 1. The lowest BCUT2D eigenvalue weighted by Gasteiger charge is -2.12. The Morgan fingerprint density at radius 3 is 2.96 bits per heavy atom. The molecule has 1 aromatic carbocycles. The standard InChI is InChI=1S/C20H32N4O3/c1-3-21-20(22-11-7-12-26-4-2)23-15-16-8-5-9-17(14-16)24-19(25)18-10-6-13-27-18/h5,8-9,14,18H,3-4,6-7,10-13,15H2,1-2H3,(H,24,25)(H2,21,22,23). The van der Waals surface area contributed by atoms with Gasteiger partial charge in [-0.25, -0.2) is 4.99 Å². The van der Waals surface area contributed by atoms with Crippen LogP contribution in [0.4, 0.5) is 5.69 Å². The van der Waals surface area contributed by atoms with Gasteiger partial charge in [0.2, 0.25) is 0 Å². The average Bonchev–Trinajstić information content (AvgIpc) is 3.21. The van der Waals surface area contributed by atoms with Crippen molar-refractivity contribution in [1.82, 2.24) is 10.6 Å². The number of ether oxygens (including phenoxy) is 2. The summed E-state index contributed by atoms with van der Waals surface area (Å²) in [5.74, 6) is 0.709. The molecule has 1 aliphatic rings. The number of rotatable bonds is 10. The van der Waals surface area contributed by atoms with Gasteiger partial charge in [-0.1, -0.05) is 12.1 Å². The van der Waals surface area contributed by atoms with E-state index in [4.69, 9.17) is 9.47 Å². The molecule has 0 spiro atoms. The van der Waals surface area contributed by atoms with Crippen molar-refractivity contribution in [3.8, 4) is 0 Å². The number of nitrogens with one attached hydrogen (secondary N) is 3. The van der Waals surface area contributed by atoms with E-state index in [2.05, 4.69) is 20.9 Å². The number of hydrogen-bond donors (Lipinski definition) is 3. The average molecular weight is 377 g/mol. The molecule has 1 heterocycles. The Kier molecular flexibility index (Phi) is 9.65. The van der Waals surface area contributed by atoms with Crippen LogP contribution in [0.1, 0.15) is 38.7 Å². The smallest absolute Gasteiger partial charge is 0.253 e. The normalized spacial score (nSPS) is 17.0. The fraction of sp³-hybridized carbons (Fsp3) is 0.600. The molecule has 0 radical (unpaired) electrons. The number of aliphatic imine (C=N–C) groups is 1. The fourth-order valence-corrected chi connectivity index (χ4v) is 2.79. The first kappa shape index (κ1) is 21.2. The second kappa shape index (κ2) is 12.3. The molecule has 27 heavy (non-hydrogen) atoms. The zero-order valence-corrected chi connectivity index (χ0v) is 16.4. The van der Waals surface area contributed by atoms with E-state index in [1.165, 1.54) is 0 Å². The third kappa shape index (κ3) is 7.97. The van der Waals surface area contributed by atoms with E-state index < -0.39 is 0 Å². The quantitative estimate of drug-likeness (QED) is 0.331. The Balaban J connectivity index is 1.86. The largest absolute Gasteiger partial charge is 0.382 e. The van der Waals surface area contributed by atoms with Crippen molar-refractivity contribution in [1.29, 1.82) is 0 Å². The molecule has 0 saturated carbocycles. The Morgan fingerprint density at radius 1 is 1.33 bits per heavy atom. The summed E-state index contributed by atoms with van der Waals surface area (Å²) >= 11 is 0. The SMILES string of the molecule is CCNC(=NCc1cccc(NC(=O)C2CCCO2)c1)NCCCOCC. The maximum Gasteiger partial charge on any atom is 0.253 e. The van der Waals surface area contributed by atoms with Gasteiger partial charge in [-0.2, -0.15) is 0 Å². The molecule has 2 rings (SSSR count). The van der Waals surface area contributed by atoms with E-state index >= 15 is 0 Å². The van der Waals surface area contributed by atoms with Crippen molar-refractivity contribution in [2.75, 3.05) is 38.2 Å². The molecular weight excluding hydrogens is 344 g/mol. The Morgan fingerprint density at radius 2 is 2.22 bits per heavy atom. The minimum Gasteiger partial charge on any atom is -0.382 e. The molecule has 3 N–H and O–H groups in total. The fourth-order valence-electron chi connectivity index (χ4n) is 2.79. The van der Waals surface area contributed by atoms with Crippen molar-refractivity contribution >= 4 is 17.6 Å². The highest BCUT2D eigenvalue weighted by atomic mass is 16.5. The van der Waals surface area contributed by atoms with Crippen molar-refractivity contribution < 1.29 is 14.3 Å². The molecule has 7 nitrogen and oxygen atoms in total. The number of guanidine groups is 1. The summed E-state index contributed by atoms with van der Waals surface area (Å²) in [6.07, 6.45) is 2.34. The van der Waals surface area contributed by atoms with Gasteiger partial charge >= 0.3 is 0 Å². The number of anilines is 1. The molecule has 1 saturated heterocycles. The Hall–Kier alpha value is -2.12. The highest BCUT2D eigenvalue weighted by Crippen LogP contribution is 2.16. The Bertz CT molecular complexity index is 601. The van der Waals surface area contributed by atoms with Crippen LogP contribution in [0.25, 0.3) is 0 Å². The van der Waals surface area contributed by atoms with Crippen LogP contribution in [0.3, 0.4) is 0 Å². The van der Waals surface area contributed by atoms with E-state index in [9.17, 15) is 4.79 Å². The van der Waals surface area contributed by atoms with Crippen molar-refractivity contribution in [3.05, 3.63) is 29.8 Å². The van der Waals surface area contributed by atoms with Crippen LogP contribution in [0.15, 0.2) is 29.3 Å². The summed E-state index contributed by atoms with van der Waals surface area (Å²) in [6.45, 7) is 8.33. The first-order valence-corrected chi connectivity index (χ1v) is 9.84. The van der Waals surface area contributed by atoms with Gasteiger partial charge in [0.05, 0.1) is 6.54 Å². The lowest BCUT2D eigenvalue weighted by Crippen LogP contribution is -2.38. The lowest BCUT2D eigenvalue weighted by atomic mass is 10.2. The van der Waals surface area contributed by atoms with Crippen molar-refractivity contribution in [2.24, 2.45) is 4.99 Å². The molecule has 1 aliphatic heterocycles. The van der Waals surface area contributed by atoms with Crippen LogP contribution in [0, 0.1) is 0 Å². The summed E-state index contributed by atoms with van der Waals surface area (Å²) < 4.78 is 10.8. The summed E-state index contributed by atoms with van der Waals surface area (Å²) in [6, 6.07) is 7.77. The van der Waals surface area contributed by atoms with Crippen LogP contribution >= 0.6 is 0 Å². The summed E-state index contributed by atoms with van der Waals surface area (Å²) in [5.41, 5.74) is 1.81. The number of carbonyl (C=O) groups is 1. The van der Waals surface area contributed by atoms with Gasteiger partial charge in [-0.3, -0.25) is 4.79 Å². The topological polar surface area (TPSA) is 84.0 Å². The molecule has 1 unspecified atom stereocenters. The molecule has 150 valence electrons. The minimum atomic E-state index is -0.326. The summed E-state index contributed by atoms with van der Waals surface area (Å²) in [7, 11) is 0. The lowest BCUT2D eigenvalue weighted by molar-refractivity contribution is -0.124. The van der Waals surface area contributed by atoms with Crippen LogP contribution in [0.2, 0.25) is 0 Å². The minimum absolute atomic E-state index is 0.0718. The van der Waals surface area contributed by atoms with Gasteiger partial charge in [-0.15, -0.1) is 0 Å². The second-order valence-electron chi connectivity index (χ2n) is 6.36. The van der Waals surface area contributed by atoms with Gasteiger partial charge in [0.1, 0.15) is 6.10 Å². The van der Waals surface area contributed by atoms with E-state index in [0.29, 0.717) is 13.2 Å². The van der Waals surface area contributed by atoms with Crippen LogP contribution < -0.4 is 16.0 Å². The van der Waals surface area contributed by atoms with Gasteiger partial charge in [0.15, 0.2) is 5.96 Å². The van der Waals surface area contributed by atoms with Crippen LogP contribution in [0.5, 0.6) is 0 Å².